The summed E-state index contributed by atoms with van der Waals surface area (Å²) in [6.45, 7) is 5.97. The lowest BCUT2D eigenvalue weighted by molar-refractivity contribution is 0.557. The van der Waals surface area contributed by atoms with Gasteiger partial charge < -0.3 is 0 Å². The van der Waals surface area contributed by atoms with Gasteiger partial charge in [0.15, 0.2) is 0 Å². The van der Waals surface area contributed by atoms with E-state index in [1.807, 2.05) is 6.08 Å². The second kappa shape index (κ2) is 13.7. The van der Waals surface area contributed by atoms with Crippen molar-refractivity contribution in [1.82, 2.24) is 0 Å². The zero-order valence-electron chi connectivity index (χ0n) is 10.6. The molecule has 0 saturated carbocycles. The lowest BCUT2D eigenvalue weighted by Gasteiger charge is -2.01. The molecule has 0 atom stereocenters. The molecule has 0 spiro atoms. The summed E-state index contributed by atoms with van der Waals surface area (Å²) in [5.74, 6) is 0. The maximum Gasteiger partial charge on any atom is -0.0316 e. The quantitative estimate of drug-likeness (QED) is 0.384. The van der Waals surface area contributed by atoms with Gasteiger partial charge in [0.05, 0.1) is 0 Å². The van der Waals surface area contributed by atoms with Crippen molar-refractivity contribution in [2.75, 3.05) is 0 Å². The summed E-state index contributed by atoms with van der Waals surface area (Å²) in [5, 5.41) is 0. The molecule has 0 heterocycles. The van der Waals surface area contributed by atoms with E-state index in [0.29, 0.717) is 0 Å². The number of rotatable bonds is 11. The van der Waals surface area contributed by atoms with Crippen LogP contribution in [0.25, 0.3) is 0 Å². The fraction of sp³-hybridized carbons (Fsp3) is 0.800. The van der Waals surface area contributed by atoms with E-state index < -0.39 is 0 Å². The van der Waals surface area contributed by atoms with E-state index >= 15 is 0 Å². The van der Waals surface area contributed by atoms with E-state index in [1.165, 1.54) is 70.6 Å². The molecule has 0 nitrogen and oxygen atoms in total. The van der Waals surface area contributed by atoms with Crippen LogP contribution in [0.15, 0.2) is 12.2 Å². The molecule has 0 amide bonds. The molecule has 1 radical (unpaired) electrons. The molecule has 0 aliphatic carbocycles. The van der Waals surface area contributed by atoms with Gasteiger partial charge in [0.25, 0.3) is 0 Å². The first-order chi connectivity index (χ1) is 7.41. The average Bonchev–Trinajstić information content (AvgIpc) is 2.26. The topological polar surface area (TPSA) is 0 Å². The van der Waals surface area contributed by atoms with Gasteiger partial charge in [0.2, 0.25) is 0 Å². The second-order valence-electron chi connectivity index (χ2n) is 4.44. The van der Waals surface area contributed by atoms with Crippen molar-refractivity contribution in [3.8, 4) is 0 Å². The van der Waals surface area contributed by atoms with Crippen LogP contribution in [-0.2, 0) is 0 Å². The highest BCUT2D eigenvalue weighted by atomic mass is 14.0. The molecular formula is C15H29. The van der Waals surface area contributed by atoms with Crippen LogP contribution in [-0.4, -0.2) is 0 Å². The predicted octanol–water partition coefficient (Wildman–Crippen LogP) is 5.69. The fourth-order valence-corrected chi connectivity index (χ4v) is 1.87. The number of hydrogen-bond acceptors (Lipinski definition) is 0. The first kappa shape index (κ1) is 14.7. The smallest absolute Gasteiger partial charge is 0.0316 e. The highest BCUT2D eigenvalue weighted by molar-refractivity contribution is 4.83. The van der Waals surface area contributed by atoms with Crippen molar-refractivity contribution in [3.63, 3.8) is 0 Å². The van der Waals surface area contributed by atoms with E-state index in [9.17, 15) is 0 Å². The molecule has 0 fully saturated rings. The van der Waals surface area contributed by atoms with Crippen molar-refractivity contribution >= 4 is 0 Å². The normalized spacial score (nSPS) is 11.3. The van der Waals surface area contributed by atoms with Gasteiger partial charge in [-0.3, -0.25) is 0 Å². The van der Waals surface area contributed by atoms with Crippen molar-refractivity contribution < 1.29 is 0 Å². The Labute approximate surface area is 97.2 Å². The van der Waals surface area contributed by atoms with Crippen LogP contribution < -0.4 is 0 Å². The Kier molecular flexibility index (Phi) is 13.5. The molecule has 89 valence electrons. The third kappa shape index (κ3) is 13.7. The average molecular weight is 209 g/mol. The van der Waals surface area contributed by atoms with Gasteiger partial charge in [-0.25, -0.2) is 0 Å². The summed E-state index contributed by atoms with van der Waals surface area (Å²) in [4.78, 5) is 0. The molecule has 0 aromatic rings. The van der Waals surface area contributed by atoms with Crippen LogP contribution in [0.1, 0.15) is 77.6 Å². The molecule has 0 heteroatoms. The molecule has 0 rings (SSSR count). The van der Waals surface area contributed by atoms with Gasteiger partial charge in [-0.15, -0.1) is 0 Å². The molecule has 0 N–H and O–H groups in total. The lowest BCUT2D eigenvalue weighted by atomic mass is 10.1. The highest BCUT2D eigenvalue weighted by Gasteiger charge is 1.91. The molecule has 0 aliphatic rings. The molecule has 0 saturated heterocycles. The molecule has 0 unspecified atom stereocenters. The van der Waals surface area contributed by atoms with Crippen LogP contribution in [0.2, 0.25) is 0 Å². The Balaban J connectivity index is 2.86. The molecule has 0 aromatic carbocycles. The highest BCUT2D eigenvalue weighted by Crippen LogP contribution is 2.11. The van der Waals surface area contributed by atoms with Crippen molar-refractivity contribution in [2.24, 2.45) is 0 Å². The minimum absolute atomic E-state index is 1.22. The van der Waals surface area contributed by atoms with Crippen molar-refractivity contribution in [2.45, 2.75) is 77.6 Å². The first-order valence-electron chi connectivity index (χ1n) is 6.86. The third-order valence-corrected chi connectivity index (χ3v) is 2.89. The SMILES string of the molecule is [CH2]/C=C/CCCCCCCCCCCC. The maximum atomic E-state index is 3.69. The van der Waals surface area contributed by atoms with Gasteiger partial charge >= 0.3 is 0 Å². The Morgan fingerprint density at radius 3 is 1.67 bits per heavy atom. The molecule has 0 aromatic heterocycles. The molecule has 0 aliphatic heterocycles. The summed E-state index contributed by atoms with van der Waals surface area (Å²) in [7, 11) is 0. The van der Waals surface area contributed by atoms with Crippen molar-refractivity contribution in [1.29, 1.82) is 0 Å². The van der Waals surface area contributed by atoms with E-state index in [2.05, 4.69) is 19.9 Å². The van der Waals surface area contributed by atoms with Crippen LogP contribution in [0, 0.1) is 6.92 Å². The van der Waals surface area contributed by atoms with Gasteiger partial charge in [-0.1, -0.05) is 76.9 Å². The summed E-state index contributed by atoms with van der Waals surface area (Å²) >= 11 is 0. The summed E-state index contributed by atoms with van der Waals surface area (Å²) in [6, 6.07) is 0. The Morgan fingerprint density at radius 2 is 1.20 bits per heavy atom. The summed E-state index contributed by atoms with van der Waals surface area (Å²) < 4.78 is 0. The van der Waals surface area contributed by atoms with E-state index in [0.717, 1.165) is 0 Å². The van der Waals surface area contributed by atoms with Gasteiger partial charge in [0, 0.05) is 0 Å². The number of hydrogen-bond donors (Lipinski definition) is 0. The van der Waals surface area contributed by atoms with Crippen LogP contribution in [0.4, 0.5) is 0 Å². The zero-order valence-corrected chi connectivity index (χ0v) is 10.6. The van der Waals surface area contributed by atoms with Crippen molar-refractivity contribution in [3.05, 3.63) is 19.1 Å². The van der Waals surface area contributed by atoms with Crippen LogP contribution in [0.5, 0.6) is 0 Å². The third-order valence-electron chi connectivity index (χ3n) is 2.89. The number of allylic oxidation sites excluding steroid dienone is 2. The van der Waals surface area contributed by atoms with Crippen LogP contribution >= 0.6 is 0 Å². The zero-order chi connectivity index (χ0) is 11.2. The standard InChI is InChI=1S/C15H29/c1-3-5-7-9-11-13-15-14-12-10-8-6-4-2/h3,5H,1,4,6-15H2,2H3/b5-3+. The first-order valence-corrected chi connectivity index (χ1v) is 6.86. The van der Waals surface area contributed by atoms with E-state index in [4.69, 9.17) is 0 Å². The fourth-order valence-electron chi connectivity index (χ4n) is 1.87. The summed E-state index contributed by atoms with van der Waals surface area (Å²) in [5.41, 5.74) is 0. The Bertz CT molecular complexity index is 124. The van der Waals surface area contributed by atoms with Crippen LogP contribution in [0.3, 0.4) is 0 Å². The monoisotopic (exact) mass is 209 g/mol. The summed E-state index contributed by atoms with van der Waals surface area (Å²) in [6.07, 6.45) is 19.5. The van der Waals surface area contributed by atoms with E-state index in [-0.39, 0.29) is 0 Å². The minimum Gasteiger partial charge on any atom is -0.0885 e. The predicted molar refractivity (Wildman–Crippen MR) is 71.0 cm³/mol. The van der Waals surface area contributed by atoms with Gasteiger partial charge in [0.1, 0.15) is 0 Å². The van der Waals surface area contributed by atoms with E-state index in [1.54, 1.807) is 0 Å². The lowest BCUT2D eigenvalue weighted by Crippen LogP contribution is -1.81. The molecule has 15 heavy (non-hydrogen) atoms. The Morgan fingerprint density at radius 1 is 0.733 bits per heavy atom. The second-order valence-corrected chi connectivity index (χ2v) is 4.44. The Hall–Kier alpha value is -0.260. The maximum absolute atomic E-state index is 3.69. The molecule has 0 bridgehead atoms. The largest absolute Gasteiger partial charge is 0.0885 e. The van der Waals surface area contributed by atoms with Gasteiger partial charge in [-0.05, 0) is 19.8 Å². The van der Waals surface area contributed by atoms with Gasteiger partial charge in [-0.2, -0.15) is 0 Å². The molecular weight excluding hydrogens is 180 g/mol. The minimum atomic E-state index is 1.22. The number of unbranched alkanes of at least 4 members (excludes halogenated alkanes) is 10.